The van der Waals surface area contributed by atoms with Crippen LogP contribution in [0.15, 0.2) is 35.3 Å². The first kappa shape index (κ1) is 25.1. The predicted octanol–water partition coefficient (Wildman–Crippen LogP) is 1.40. The molecule has 1 aromatic carbocycles. The van der Waals surface area contributed by atoms with Crippen LogP contribution in [0.3, 0.4) is 0 Å². The molecule has 0 spiro atoms. The molecule has 0 amide bonds. The van der Waals surface area contributed by atoms with E-state index in [4.69, 9.17) is 0 Å². The molecule has 1 aromatic rings. The summed E-state index contributed by atoms with van der Waals surface area (Å²) in [6.45, 7) is 8.37. The minimum Gasteiger partial charge on any atom is -0.384 e. The van der Waals surface area contributed by atoms with Gasteiger partial charge >= 0.3 is 0 Å². The topological polar surface area (TPSA) is 103 Å². The molecule has 0 aromatic heterocycles. The van der Waals surface area contributed by atoms with Crippen LogP contribution in [0.1, 0.15) is 33.3 Å². The summed E-state index contributed by atoms with van der Waals surface area (Å²) in [6, 6.07) is 9.39. The Morgan fingerprint density at radius 2 is 1.73 bits per heavy atom. The van der Waals surface area contributed by atoms with Crippen molar-refractivity contribution < 1.29 is 13.5 Å². The molecular weight excluding hydrogens is 467 g/mol. The monoisotopic (exact) mass is 498 g/mol. The van der Waals surface area contributed by atoms with E-state index in [0.717, 1.165) is 11.8 Å². The average Bonchev–Trinajstić information content (AvgIpc) is 2.49. The molecule has 0 aliphatic rings. The quantitative estimate of drug-likeness (QED) is 0.247. The van der Waals surface area contributed by atoms with E-state index in [9.17, 15) is 13.5 Å². The lowest BCUT2D eigenvalue weighted by Crippen LogP contribution is -2.48. The van der Waals surface area contributed by atoms with Crippen molar-refractivity contribution in [3.63, 3.8) is 0 Å². The van der Waals surface area contributed by atoms with Gasteiger partial charge in [-0.05, 0) is 33.3 Å². The highest BCUT2D eigenvalue weighted by Crippen LogP contribution is 2.18. The maximum Gasteiger partial charge on any atom is 0.209 e. The summed E-state index contributed by atoms with van der Waals surface area (Å²) in [5, 5.41) is 16.8. The van der Waals surface area contributed by atoms with Gasteiger partial charge in [0.2, 0.25) is 10.0 Å². The van der Waals surface area contributed by atoms with Crippen LogP contribution >= 0.6 is 24.0 Å². The third-order valence-electron chi connectivity index (χ3n) is 3.43. The first-order chi connectivity index (χ1) is 11.5. The number of guanidine groups is 1. The van der Waals surface area contributed by atoms with E-state index in [2.05, 4.69) is 20.3 Å². The standard InChI is InChI=1S/C17H30N4O3S.HI/c1-6-18-15(19-12-16(2,3)21-25(5,23)24)20-13-17(4,22)14-10-8-7-9-11-14;/h7-11,21-22H,6,12-13H2,1-5H3,(H2,18,19,20);1H. The van der Waals surface area contributed by atoms with E-state index < -0.39 is 21.2 Å². The number of halogens is 1. The van der Waals surface area contributed by atoms with Crippen molar-refractivity contribution in [1.82, 2.24) is 15.4 Å². The van der Waals surface area contributed by atoms with Gasteiger partial charge in [0.15, 0.2) is 5.96 Å². The molecule has 0 bridgehead atoms. The summed E-state index contributed by atoms with van der Waals surface area (Å²) in [6.07, 6.45) is 1.12. The van der Waals surface area contributed by atoms with Gasteiger partial charge in [0.05, 0.1) is 19.3 Å². The Hall–Kier alpha value is -0.910. The zero-order chi connectivity index (χ0) is 19.1. The van der Waals surface area contributed by atoms with E-state index in [1.807, 2.05) is 37.3 Å². The molecular formula is C17H31IN4O3S. The van der Waals surface area contributed by atoms with E-state index in [1.165, 1.54) is 0 Å². The summed E-state index contributed by atoms with van der Waals surface area (Å²) in [7, 11) is -3.31. The molecule has 0 radical (unpaired) electrons. The third-order valence-corrected chi connectivity index (χ3v) is 4.36. The van der Waals surface area contributed by atoms with Crippen molar-refractivity contribution in [2.45, 2.75) is 38.8 Å². The maximum atomic E-state index is 11.4. The van der Waals surface area contributed by atoms with Crippen LogP contribution in [0, 0.1) is 0 Å². The molecule has 0 saturated carbocycles. The molecule has 0 aliphatic heterocycles. The molecule has 0 heterocycles. The fraction of sp³-hybridized carbons (Fsp3) is 0.588. The molecule has 150 valence electrons. The zero-order valence-electron chi connectivity index (χ0n) is 16.0. The fourth-order valence-corrected chi connectivity index (χ4v) is 3.38. The Labute approximate surface area is 174 Å². The zero-order valence-corrected chi connectivity index (χ0v) is 19.2. The van der Waals surface area contributed by atoms with E-state index in [1.54, 1.807) is 20.8 Å². The van der Waals surface area contributed by atoms with Gasteiger partial charge in [-0.1, -0.05) is 30.3 Å². The Bertz CT molecular complexity index is 677. The Morgan fingerprint density at radius 1 is 1.15 bits per heavy atom. The summed E-state index contributed by atoms with van der Waals surface area (Å²) in [5.74, 6) is 0.516. The second kappa shape index (κ2) is 10.4. The van der Waals surface area contributed by atoms with Crippen LogP contribution in [0.2, 0.25) is 0 Å². The number of aliphatic hydroxyl groups is 1. The number of nitrogens with one attached hydrogen (secondary N) is 3. The molecule has 7 nitrogen and oxygen atoms in total. The highest BCUT2D eigenvalue weighted by atomic mass is 127. The molecule has 4 N–H and O–H groups in total. The number of nitrogens with zero attached hydrogens (tertiary/aromatic N) is 1. The Morgan fingerprint density at radius 3 is 2.23 bits per heavy atom. The average molecular weight is 498 g/mol. The second-order valence-corrected chi connectivity index (χ2v) is 8.70. The van der Waals surface area contributed by atoms with Gasteiger partial charge in [-0.3, -0.25) is 4.99 Å². The molecule has 1 rings (SSSR count). The van der Waals surface area contributed by atoms with Gasteiger partial charge in [-0.25, -0.2) is 13.1 Å². The minimum atomic E-state index is -3.31. The van der Waals surface area contributed by atoms with Gasteiger partial charge in [-0.2, -0.15) is 0 Å². The number of aliphatic imine (C=N–C) groups is 1. The SMILES string of the molecule is CCNC(=NCC(C)(C)NS(C)(=O)=O)NCC(C)(O)c1ccccc1.I. The van der Waals surface area contributed by atoms with Crippen LogP contribution in [0.25, 0.3) is 0 Å². The van der Waals surface area contributed by atoms with E-state index in [-0.39, 0.29) is 37.1 Å². The smallest absolute Gasteiger partial charge is 0.209 e. The third kappa shape index (κ3) is 9.70. The normalized spacial score (nSPS) is 14.9. The number of rotatable bonds is 8. The van der Waals surface area contributed by atoms with Gasteiger partial charge < -0.3 is 15.7 Å². The second-order valence-electron chi connectivity index (χ2n) is 6.95. The van der Waals surface area contributed by atoms with Crippen LogP contribution in [0.5, 0.6) is 0 Å². The fourth-order valence-electron chi connectivity index (χ4n) is 2.31. The number of sulfonamides is 1. The van der Waals surface area contributed by atoms with E-state index >= 15 is 0 Å². The molecule has 0 saturated heterocycles. The van der Waals surface area contributed by atoms with Crippen molar-refractivity contribution in [1.29, 1.82) is 0 Å². The largest absolute Gasteiger partial charge is 0.384 e. The van der Waals surface area contributed by atoms with Crippen LogP contribution in [0.4, 0.5) is 0 Å². The van der Waals surface area contributed by atoms with Crippen molar-refractivity contribution in [3.8, 4) is 0 Å². The number of hydrogen-bond donors (Lipinski definition) is 4. The van der Waals surface area contributed by atoms with Crippen molar-refractivity contribution >= 4 is 40.0 Å². The number of benzene rings is 1. The lowest BCUT2D eigenvalue weighted by molar-refractivity contribution is 0.0617. The lowest BCUT2D eigenvalue weighted by Gasteiger charge is -2.26. The minimum absolute atomic E-state index is 0. The van der Waals surface area contributed by atoms with Gasteiger partial charge in [-0.15, -0.1) is 24.0 Å². The predicted molar refractivity (Wildman–Crippen MR) is 117 cm³/mol. The molecule has 1 unspecified atom stereocenters. The molecule has 0 fully saturated rings. The van der Waals surface area contributed by atoms with Crippen molar-refractivity contribution in [2.75, 3.05) is 25.9 Å². The summed E-state index contributed by atoms with van der Waals surface area (Å²) >= 11 is 0. The Kier molecular flexibility index (Phi) is 10.1. The maximum absolute atomic E-state index is 11.4. The molecule has 0 aliphatic carbocycles. The number of hydrogen-bond acceptors (Lipinski definition) is 4. The lowest BCUT2D eigenvalue weighted by atomic mass is 9.96. The first-order valence-corrected chi connectivity index (χ1v) is 10.1. The van der Waals surface area contributed by atoms with Crippen LogP contribution in [-0.4, -0.2) is 50.9 Å². The van der Waals surface area contributed by atoms with Crippen LogP contribution < -0.4 is 15.4 Å². The van der Waals surface area contributed by atoms with Crippen molar-refractivity contribution in [3.05, 3.63) is 35.9 Å². The Balaban J connectivity index is 0.00000625. The molecule has 1 atom stereocenters. The van der Waals surface area contributed by atoms with Crippen LogP contribution in [-0.2, 0) is 15.6 Å². The van der Waals surface area contributed by atoms with Crippen molar-refractivity contribution in [2.24, 2.45) is 4.99 Å². The summed E-state index contributed by atoms with van der Waals surface area (Å²) in [5.41, 5.74) is -0.965. The highest BCUT2D eigenvalue weighted by Gasteiger charge is 2.24. The molecule has 26 heavy (non-hydrogen) atoms. The van der Waals surface area contributed by atoms with Gasteiger partial charge in [0.1, 0.15) is 5.60 Å². The van der Waals surface area contributed by atoms with Gasteiger partial charge in [0, 0.05) is 12.1 Å². The molecule has 9 heteroatoms. The highest BCUT2D eigenvalue weighted by molar-refractivity contribution is 14.0. The summed E-state index contributed by atoms with van der Waals surface area (Å²) < 4.78 is 25.4. The first-order valence-electron chi connectivity index (χ1n) is 8.24. The van der Waals surface area contributed by atoms with E-state index in [0.29, 0.717) is 12.5 Å². The van der Waals surface area contributed by atoms with Gasteiger partial charge in [0.25, 0.3) is 0 Å². The summed E-state index contributed by atoms with van der Waals surface area (Å²) in [4.78, 5) is 4.42.